The minimum absolute atomic E-state index is 0.0697. The maximum atomic E-state index is 12.9. The summed E-state index contributed by atoms with van der Waals surface area (Å²) in [5.74, 6) is -2.31. The third-order valence-electron chi connectivity index (χ3n) is 4.58. The Hall–Kier alpha value is -2.54. The Morgan fingerprint density at radius 1 is 1.35 bits per heavy atom. The largest absolute Gasteiger partial charge is 0.462 e. The van der Waals surface area contributed by atoms with E-state index >= 15 is 0 Å². The van der Waals surface area contributed by atoms with Crippen molar-refractivity contribution < 1.29 is 23.9 Å². The van der Waals surface area contributed by atoms with Gasteiger partial charge in [0.2, 0.25) is 11.8 Å². The fourth-order valence-corrected chi connectivity index (χ4v) is 3.63. The van der Waals surface area contributed by atoms with Crippen molar-refractivity contribution in [1.29, 1.82) is 0 Å². The standard InChI is InChI=1S/C16H14N2O5/c1-9(19)22-8-16-5-2-11(23-16)12-13(16)15(21)18(14(12)20)10-3-6-17-7-4-10/h2-7,11-13H,8H2,1H3/t11-,12+,13-,16-/m1/s1. The molecule has 2 saturated heterocycles. The first-order chi connectivity index (χ1) is 11.0. The molecule has 4 rings (SSSR count). The summed E-state index contributed by atoms with van der Waals surface area (Å²) >= 11 is 0. The number of ether oxygens (including phenoxy) is 2. The van der Waals surface area contributed by atoms with Gasteiger partial charge in [0.15, 0.2) is 0 Å². The first-order valence-electron chi connectivity index (χ1n) is 7.32. The molecule has 0 saturated carbocycles. The first kappa shape index (κ1) is 14.1. The van der Waals surface area contributed by atoms with E-state index in [0.717, 1.165) is 0 Å². The number of anilines is 1. The molecule has 7 heteroatoms. The van der Waals surface area contributed by atoms with Gasteiger partial charge in [-0.15, -0.1) is 0 Å². The number of esters is 1. The van der Waals surface area contributed by atoms with Crippen LogP contribution < -0.4 is 4.90 Å². The molecular weight excluding hydrogens is 300 g/mol. The fourth-order valence-electron chi connectivity index (χ4n) is 3.63. The second-order valence-corrected chi connectivity index (χ2v) is 5.90. The lowest BCUT2D eigenvalue weighted by Gasteiger charge is -2.28. The van der Waals surface area contributed by atoms with E-state index in [4.69, 9.17) is 9.47 Å². The Balaban J connectivity index is 1.70. The zero-order valence-electron chi connectivity index (χ0n) is 12.3. The predicted molar refractivity (Wildman–Crippen MR) is 77.1 cm³/mol. The minimum atomic E-state index is -1.05. The molecule has 2 bridgehead atoms. The number of hydrogen-bond donors (Lipinski definition) is 0. The van der Waals surface area contributed by atoms with Crippen LogP contribution in [-0.2, 0) is 23.9 Å². The van der Waals surface area contributed by atoms with Crippen LogP contribution in [0.5, 0.6) is 0 Å². The van der Waals surface area contributed by atoms with Crippen molar-refractivity contribution in [3.8, 4) is 0 Å². The number of hydrogen-bond acceptors (Lipinski definition) is 6. The second-order valence-electron chi connectivity index (χ2n) is 5.90. The minimum Gasteiger partial charge on any atom is -0.462 e. The van der Waals surface area contributed by atoms with Crippen LogP contribution >= 0.6 is 0 Å². The maximum Gasteiger partial charge on any atom is 0.302 e. The fraction of sp³-hybridized carbons (Fsp3) is 0.375. The summed E-state index contributed by atoms with van der Waals surface area (Å²) < 4.78 is 10.9. The molecule has 2 amide bonds. The number of aromatic nitrogens is 1. The molecule has 7 nitrogen and oxygen atoms in total. The number of rotatable bonds is 3. The van der Waals surface area contributed by atoms with Gasteiger partial charge in [-0.2, -0.15) is 0 Å². The van der Waals surface area contributed by atoms with Crippen LogP contribution in [0.1, 0.15) is 6.92 Å². The molecule has 0 aliphatic carbocycles. The van der Waals surface area contributed by atoms with Crippen molar-refractivity contribution >= 4 is 23.5 Å². The van der Waals surface area contributed by atoms with Crippen molar-refractivity contribution in [2.45, 2.75) is 18.6 Å². The van der Waals surface area contributed by atoms with Crippen LogP contribution in [-0.4, -0.2) is 41.1 Å². The van der Waals surface area contributed by atoms with Crippen molar-refractivity contribution in [2.24, 2.45) is 11.8 Å². The quantitative estimate of drug-likeness (QED) is 0.458. The molecule has 3 aliphatic heterocycles. The summed E-state index contributed by atoms with van der Waals surface area (Å²) in [6.07, 6.45) is 6.11. The van der Waals surface area contributed by atoms with Crippen molar-refractivity contribution in [1.82, 2.24) is 4.98 Å². The molecular formula is C16H14N2O5. The highest BCUT2D eigenvalue weighted by Gasteiger charge is 2.68. The topological polar surface area (TPSA) is 85.8 Å². The normalized spacial score (nSPS) is 34.1. The lowest BCUT2D eigenvalue weighted by atomic mass is 9.77. The summed E-state index contributed by atoms with van der Waals surface area (Å²) in [5.41, 5.74) is -0.554. The van der Waals surface area contributed by atoms with Gasteiger partial charge in [-0.1, -0.05) is 6.08 Å². The van der Waals surface area contributed by atoms with Gasteiger partial charge in [0.1, 0.15) is 12.2 Å². The predicted octanol–water partition coefficient (Wildman–Crippen LogP) is 0.458. The number of fused-ring (bicyclic) bond motifs is 5. The lowest BCUT2D eigenvalue weighted by molar-refractivity contribution is -0.150. The Morgan fingerprint density at radius 3 is 2.78 bits per heavy atom. The Labute approximate surface area is 131 Å². The van der Waals surface area contributed by atoms with E-state index in [1.54, 1.807) is 24.3 Å². The van der Waals surface area contributed by atoms with E-state index in [9.17, 15) is 14.4 Å². The van der Waals surface area contributed by atoms with Gasteiger partial charge >= 0.3 is 5.97 Å². The van der Waals surface area contributed by atoms with Crippen LogP contribution in [0.4, 0.5) is 5.69 Å². The number of carbonyl (C=O) groups is 3. The molecule has 4 heterocycles. The number of nitrogens with zero attached hydrogens (tertiary/aromatic N) is 2. The molecule has 0 radical (unpaired) electrons. The van der Waals surface area contributed by atoms with Crippen LogP contribution in [0.3, 0.4) is 0 Å². The summed E-state index contributed by atoms with van der Waals surface area (Å²) in [7, 11) is 0. The summed E-state index contributed by atoms with van der Waals surface area (Å²) in [4.78, 5) is 41.8. The highest BCUT2D eigenvalue weighted by molar-refractivity contribution is 6.23. The number of imide groups is 1. The highest BCUT2D eigenvalue weighted by atomic mass is 16.6. The van der Waals surface area contributed by atoms with Crippen molar-refractivity contribution in [2.75, 3.05) is 11.5 Å². The average Bonchev–Trinajstić information content (AvgIpc) is 3.17. The molecule has 23 heavy (non-hydrogen) atoms. The summed E-state index contributed by atoms with van der Waals surface area (Å²) in [6.45, 7) is 1.23. The van der Waals surface area contributed by atoms with Crippen LogP contribution in [0.25, 0.3) is 0 Å². The van der Waals surface area contributed by atoms with E-state index in [-0.39, 0.29) is 18.4 Å². The van der Waals surface area contributed by atoms with Crippen molar-refractivity contribution in [3.63, 3.8) is 0 Å². The van der Waals surface area contributed by atoms with Crippen LogP contribution in [0, 0.1) is 11.8 Å². The number of pyridine rings is 1. The summed E-state index contributed by atoms with van der Waals surface area (Å²) in [5, 5.41) is 0. The zero-order chi connectivity index (χ0) is 16.2. The van der Waals surface area contributed by atoms with E-state index in [1.807, 2.05) is 0 Å². The third-order valence-corrected chi connectivity index (χ3v) is 4.58. The molecule has 118 valence electrons. The van der Waals surface area contributed by atoms with Crippen molar-refractivity contribution in [3.05, 3.63) is 36.7 Å². The molecule has 4 atom stereocenters. The second kappa shape index (κ2) is 4.73. The molecule has 1 aromatic rings. The molecule has 0 unspecified atom stereocenters. The highest BCUT2D eigenvalue weighted by Crippen LogP contribution is 2.52. The Kier molecular flexibility index (Phi) is 2.89. The monoisotopic (exact) mass is 314 g/mol. The molecule has 0 spiro atoms. The van der Waals surface area contributed by atoms with E-state index in [1.165, 1.54) is 24.2 Å². The zero-order valence-corrected chi connectivity index (χ0v) is 12.3. The molecule has 0 N–H and O–H groups in total. The molecule has 3 aliphatic rings. The van der Waals surface area contributed by atoms with Gasteiger partial charge in [0.05, 0.1) is 23.6 Å². The Bertz CT molecular complexity index is 731. The lowest BCUT2D eigenvalue weighted by Crippen LogP contribution is -2.44. The average molecular weight is 314 g/mol. The van der Waals surface area contributed by atoms with Crippen LogP contribution in [0.2, 0.25) is 0 Å². The molecule has 1 aromatic heterocycles. The first-order valence-corrected chi connectivity index (χ1v) is 7.32. The van der Waals surface area contributed by atoms with E-state index < -0.39 is 29.5 Å². The smallest absolute Gasteiger partial charge is 0.302 e. The third kappa shape index (κ3) is 1.86. The van der Waals surface area contributed by atoms with Gasteiger partial charge in [-0.05, 0) is 18.2 Å². The van der Waals surface area contributed by atoms with Gasteiger partial charge in [0, 0.05) is 19.3 Å². The maximum absolute atomic E-state index is 12.9. The van der Waals surface area contributed by atoms with Gasteiger partial charge in [0.25, 0.3) is 0 Å². The number of amides is 2. The van der Waals surface area contributed by atoms with E-state index in [2.05, 4.69) is 4.98 Å². The van der Waals surface area contributed by atoms with E-state index in [0.29, 0.717) is 5.69 Å². The SMILES string of the molecule is CC(=O)OC[C@@]12C=C[C@@H](O1)[C@@H]1C(=O)N(c3ccncc3)C(=O)[C@@H]12. The summed E-state index contributed by atoms with van der Waals surface area (Å²) in [6, 6.07) is 3.23. The number of carbonyl (C=O) groups excluding carboxylic acids is 3. The molecule has 0 aromatic carbocycles. The molecule has 2 fully saturated rings. The van der Waals surface area contributed by atoms with Crippen LogP contribution in [0.15, 0.2) is 36.7 Å². The van der Waals surface area contributed by atoms with Gasteiger partial charge in [-0.25, -0.2) is 4.90 Å². The van der Waals surface area contributed by atoms with Gasteiger partial charge < -0.3 is 9.47 Å². The Morgan fingerprint density at radius 2 is 2.09 bits per heavy atom. The van der Waals surface area contributed by atoms with Gasteiger partial charge in [-0.3, -0.25) is 19.4 Å².